The quantitative estimate of drug-likeness (QED) is 0.683. The molecule has 1 aliphatic carbocycles. The van der Waals surface area contributed by atoms with E-state index in [9.17, 15) is 4.79 Å². The zero-order valence-electron chi connectivity index (χ0n) is 15.6. The molecule has 2 fully saturated rings. The second kappa shape index (κ2) is 7.14. The van der Waals surface area contributed by atoms with Gasteiger partial charge in [-0.1, -0.05) is 0 Å². The molecule has 1 aliphatic heterocycles. The van der Waals surface area contributed by atoms with E-state index in [2.05, 4.69) is 20.0 Å². The molecule has 1 unspecified atom stereocenters. The Hall–Kier alpha value is -3.09. The summed E-state index contributed by atoms with van der Waals surface area (Å²) in [4.78, 5) is 28.0. The van der Waals surface area contributed by atoms with Gasteiger partial charge in [0.15, 0.2) is 0 Å². The van der Waals surface area contributed by atoms with Crippen molar-refractivity contribution in [2.75, 3.05) is 11.4 Å². The molecule has 0 spiro atoms. The summed E-state index contributed by atoms with van der Waals surface area (Å²) in [7, 11) is 0. The normalized spacial score (nSPS) is 19.1. The average Bonchev–Trinajstić information content (AvgIpc) is 3.49. The predicted octanol–water partition coefficient (Wildman–Crippen LogP) is 2.64. The molecule has 4 heterocycles. The summed E-state index contributed by atoms with van der Waals surface area (Å²) in [5.74, 6) is 2.46. The third-order valence-electron chi connectivity index (χ3n) is 5.50. The molecular weight excluding hydrogens is 352 g/mol. The van der Waals surface area contributed by atoms with E-state index in [1.165, 1.54) is 12.8 Å². The maximum atomic E-state index is 12.4. The Labute approximate surface area is 163 Å². The molecule has 5 rings (SSSR count). The van der Waals surface area contributed by atoms with Crippen LogP contribution in [-0.4, -0.2) is 37.3 Å². The summed E-state index contributed by atoms with van der Waals surface area (Å²) >= 11 is 0. The second-order valence-electron chi connectivity index (χ2n) is 7.51. The number of rotatable bonds is 5. The smallest absolute Gasteiger partial charge is 0.266 e. The van der Waals surface area contributed by atoms with E-state index in [4.69, 9.17) is 4.98 Å². The van der Waals surface area contributed by atoms with Gasteiger partial charge in [-0.25, -0.2) is 14.6 Å². The zero-order valence-corrected chi connectivity index (χ0v) is 15.6. The first-order valence-electron chi connectivity index (χ1n) is 9.86. The number of hydrogen-bond donors (Lipinski definition) is 0. The van der Waals surface area contributed by atoms with Crippen LogP contribution in [-0.2, 0) is 6.54 Å². The minimum atomic E-state index is -0.0778. The van der Waals surface area contributed by atoms with Crippen molar-refractivity contribution < 1.29 is 0 Å². The Morgan fingerprint density at radius 3 is 2.68 bits per heavy atom. The highest BCUT2D eigenvalue weighted by molar-refractivity contribution is 5.57. The van der Waals surface area contributed by atoms with Gasteiger partial charge in [0.1, 0.15) is 11.6 Å². The lowest BCUT2D eigenvalue weighted by molar-refractivity contribution is 0.488. The van der Waals surface area contributed by atoms with Gasteiger partial charge in [-0.2, -0.15) is 5.10 Å². The van der Waals surface area contributed by atoms with E-state index in [0.717, 1.165) is 42.3 Å². The lowest BCUT2D eigenvalue weighted by atomic mass is 10.2. The van der Waals surface area contributed by atoms with Gasteiger partial charge in [-0.15, -0.1) is 0 Å². The predicted molar refractivity (Wildman–Crippen MR) is 106 cm³/mol. The highest BCUT2D eigenvalue weighted by Gasteiger charge is 2.30. The van der Waals surface area contributed by atoms with E-state index in [0.29, 0.717) is 12.5 Å². The van der Waals surface area contributed by atoms with Crippen molar-refractivity contribution >= 4 is 5.82 Å². The van der Waals surface area contributed by atoms with Crippen molar-refractivity contribution in [3.8, 4) is 11.3 Å². The summed E-state index contributed by atoms with van der Waals surface area (Å²) in [6, 6.07) is 9.36. The average molecular weight is 374 g/mol. The standard InChI is InChI=1S/C21H22N6O/c28-20-6-5-18(15-7-10-22-11-8-15)25-27(20)14-17-2-1-13-26(17)19-9-12-23-21(24-19)16-3-4-16/h5-12,16-17H,1-4,13-14H2. The minimum absolute atomic E-state index is 0.0778. The van der Waals surface area contributed by atoms with Crippen LogP contribution >= 0.6 is 0 Å². The Kier molecular flexibility index (Phi) is 4.35. The number of nitrogens with zero attached hydrogens (tertiary/aromatic N) is 6. The Balaban J connectivity index is 1.41. The Morgan fingerprint density at radius 1 is 1.00 bits per heavy atom. The van der Waals surface area contributed by atoms with Crippen molar-refractivity contribution in [2.24, 2.45) is 0 Å². The van der Waals surface area contributed by atoms with Crippen LogP contribution in [0.4, 0.5) is 5.82 Å². The molecule has 0 radical (unpaired) electrons. The molecule has 0 amide bonds. The van der Waals surface area contributed by atoms with Crippen LogP contribution in [0.1, 0.15) is 37.4 Å². The third-order valence-corrected chi connectivity index (χ3v) is 5.50. The molecule has 142 valence electrons. The summed E-state index contributed by atoms with van der Waals surface area (Å²) in [5, 5.41) is 4.61. The molecule has 3 aromatic rings. The lowest BCUT2D eigenvalue weighted by Gasteiger charge is -2.26. The van der Waals surface area contributed by atoms with Crippen LogP contribution in [0.2, 0.25) is 0 Å². The van der Waals surface area contributed by atoms with Crippen molar-refractivity contribution in [1.82, 2.24) is 24.7 Å². The topological polar surface area (TPSA) is 76.8 Å². The molecule has 1 saturated carbocycles. The molecular formula is C21H22N6O. The van der Waals surface area contributed by atoms with Gasteiger partial charge in [0.05, 0.1) is 18.3 Å². The number of anilines is 1. The fraction of sp³-hybridized carbons (Fsp3) is 0.381. The van der Waals surface area contributed by atoms with Gasteiger partial charge in [0.25, 0.3) is 5.56 Å². The largest absolute Gasteiger partial charge is 0.352 e. The van der Waals surface area contributed by atoms with E-state index >= 15 is 0 Å². The first-order chi connectivity index (χ1) is 13.8. The Morgan fingerprint density at radius 2 is 1.86 bits per heavy atom. The highest BCUT2D eigenvalue weighted by Crippen LogP contribution is 2.38. The van der Waals surface area contributed by atoms with E-state index < -0.39 is 0 Å². The van der Waals surface area contributed by atoms with Crippen LogP contribution in [0.3, 0.4) is 0 Å². The lowest BCUT2D eigenvalue weighted by Crippen LogP contribution is -2.37. The van der Waals surface area contributed by atoms with Gasteiger partial charge < -0.3 is 4.90 Å². The number of pyridine rings is 1. The molecule has 1 atom stereocenters. The number of hydrogen-bond acceptors (Lipinski definition) is 6. The van der Waals surface area contributed by atoms with Crippen LogP contribution in [0.5, 0.6) is 0 Å². The molecule has 28 heavy (non-hydrogen) atoms. The Bertz CT molecular complexity index is 1030. The molecule has 0 aromatic carbocycles. The van der Waals surface area contributed by atoms with Gasteiger partial charge in [-0.05, 0) is 49.9 Å². The van der Waals surface area contributed by atoms with Crippen molar-refractivity contribution in [1.29, 1.82) is 0 Å². The van der Waals surface area contributed by atoms with E-state index in [1.54, 1.807) is 29.2 Å². The molecule has 0 bridgehead atoms. The minimum Gasteiger partial charge on any atom is -0.352 e. The maximum Gasteiger partial charge on any atom is 0.266 e. The van der Waals surface area contributed by atoms with Crippen molar-refractivity contribution in [3.63, 3.8) is 0 Å². The van der Waals surface area contributed by atoms with Gasteiger partial charge in [0, 0.05) is 42.7 Å². The fourth-order valence-electron chi connectivity index (χ4n) is 3.85. The summed E-state index contributed by atoms with van der Waals surface area (Å²) in [6.45, 7) is 1.51. The monoisotopic (exact) mass is 374 g/mol. The van der Waals surface area contributed by atoms with E-state index in [-0.39, 0.29) is 11.6 Å². The highest BCUT2D eigenvalue weighted by atomic mass is 16.1. The molecule has 2 aliphatic rings. The molecule has 1 saturated heterocycles. The molecule has 7 heteroatoms. The molecule has 7 nitrogen and oxygen atoms in total. The molecule has 3 aromatic heterocycles. The SMILES string of the molecule is O=c1ccc(-c2ccncc2)nn1CC1CCCN1c1ccnc(C2CC2)n1. The van der Waals surface area contributed by atoms with Gasteiger partial charge in [-0.3, -0.25) is 9.78 Å². The summed E-state index contributed by atoms with van der Waals surface area (Å²) in [5.41, 5.74) is 1.66. The second-order valence-corrected chi connectivity index (χ2v) is 7.51. The maximum absolute atomic E-state index is 12.4. The zero-order chi connectivity index (χ0) is 18.9. The first-order valence-corrected chi connectivity index (χ1v) is 9.86. The van der Waals surface area contributed by atoms with Crippen LogP contribution < -0.4 is 10.5 Å². The summed E-state index contributed by atoms with van der Waals surface area (Å²) < 4.78 is 1.59. The first kappa shape index (κ1) is 17.0. The summed E-state index contributed by atoms with van der Waals surface area (Å²) in [6.07, 6.45) is 9.82. The van der Waals surface area contributed by atoms with Crippen molar-refractivity contribution in [2.45, 2.75) is 44.2 Å². The third kappa shape index (κ3) is 3.40. The van der Waals surface area contributed by atoms with E-state index in [1.807, 2.05) is 24.4 Å². The number of aromatic nitrogens is 5. The van der Waals surface area contributed by atoms with Gasteiger partial charge >= 0.3 is 0 Å². The van der Waals surface area contributed by atoms with Crippen LogP contribution in [0.15, 0.2) is 53.7 Å². The van der Waals surface area contributed by atoms with Gasteiger partial charge in [0.2, 0.25) is 0 Å². The fourth-order valence-corrected chi connectivity index (χ4v) is 3.85. The molecule has 0 N–H and O–H groups in total. The van der Waals surface area contributed by atoms with Crippen molar-refractivity contribution in [3.05, 3.63) is 65.1 Å². The van der Waals surface area contributed by atoms with Crippen LogP contribution in [0, 0.1) is 0 Å². The van der Waals surface area contributed by atoms with Crippen LogP contribution in [0.25, 0.3) is 11.3 Å².